The quantitative estimate of drug-likeness (QED) is 0.0751. The van der Waals surface area contributed by atoms with Gasteiger partial charge in [-0.1, -0.05) is 105 Å². The molecule has 78 heavy (non-hydrogen) atoms. The van der Waals surface area contributed by atoms with E-state index in [1.165, 1.54) is 15.9 Å². The first kappa shape index (κ1) is 62.8. The highest BCUT2D eigenvalue weighted by atomic mass is 35.5. The van der Waals surface area contributed by atoms with Crippen LogP contribution in [0.3, 0.4) is 0 Å². The summed E-state index contributed by atoms with van der Waals surface area (Å²) in [7, 11) is 3.35. The van der Waals surface area contributed by atoms with Gasteiger partial charge in [-0.05, 0) is 121 Å². The van der Waals surface area contributed by atoms with Gasteiger partial charge in [-0.2, -0.15) is 0 Å². The molecular weight excluding hydrogens is 1040 g/mol. The number of likely N-dealkylation sites (N-methyl/N-ethyl adjacent to an activating group) is 2. The second kappa shape index (κ2) is 29.8. The summed E-state index contributed by atoms with van der Waals surface area (Å²) in [6.07, 6.45) is 8.99. The molecule has 20 heteroatoms. The molecule has 2 aliphatic heterocycles. The minimum absolute atomic E-state index is 0. The highest BCUT2D eigenvalue weighted by molar-refractivity contribution is 6.01. The first-order chi connectivity index (χ1) is 36.6. The molecule has 4 fully saturated rings. The Bertz CT molecular complexity index is 2350. The molecule has 0 bridgehead atoms. The molecular formula is C58H82Cl2N10O8. The Morgan fingerprint density at radius 2 is 0.833 bits per heavy atom. The molecule has 4 aliphatic rings. The van der Waals surface area contributed by atoms with E-state index in [1.807, 2.05) is 74.5 Å². The van der Waals surface area contributed by atoms with Crippen LogP contribution in [-0.4, -0.2) is 133 Å². The Morgan fingerprint density at radius 1 is 0.474 bits per heavy atom. The van der Waals surface area contributed by atoms with Gasteiger partial charge in [-0.3, -0.25) is 38.4 Å². The molecule has 2 aliphatic carbocycles. The van der Waals surface area contributed by atoms with E-state index >= 15 is 0 Å². The fourth-order valence-electron chi connectivity index (χ4n) is 11.3. The minimum Gasteiger partial charge on any atom is -0.348 e. The largest absolute Gasteiger partial charge is 0.348 e. The second-order valence-corrected chi connectivity index (χ2v) is 21.5. The lowest BCUT2D eigenvalue weighted by Crippen LogP contribution is -2.58. The average molecular weight is 1120 g/mol. The van der Waals surface area contributed by atoms with E-state index in [1.54, 1.807) is 46.1 Å². The van der Waals surface area contributed by atoms with Gasteiger partial charge in [0.25, 0.3) is 11.8 Å². The average Bonchev–Trinajstić information content (AvgIpc) is 4.08. The third-order valence-corrected chi connectivity index (χ3v) is 16.2. The zero-order valence-corrected chi connectivity index (χ0v) is 47.5. The van der Waals surface area contributed by atoms with Gasteiger partial charge in [-0.15, -0.1) is 24.8 Å². The Morgan fingerprint density at radius 3 is 1.18 bits per heavy atom. The van der Waals surface area contributed by atoms with Crippen molar-refractivity contribution in [1.82, 2.24) is 52.3 Å². The lowest BCUT2D eigenvalue weighted by molar-refractivity contribution is -0.143. The van der Waals surface area contributed by atoms with Gasteiger partial charge >= 0.3 is 0 Å². The van der Waals surface area contributed by atoms with Crippen molar-refractivity contribution in [1.29, 1.82) is 0 Å². The van der Waals surface area contributed by atoms with E-state index < -0.39 is 60.1 Å². The molecule has 0 aromatic heterocycles. The number of carbonyl (C=O) groups is 8. The van der Waals surface area contributed by atoms with Crippen LogP contribution in [-0.2, 0) is 28.8 Å². The van der Waals surface area contributed by atoms with Crippen molar-refractivity contribution >= 4 is 72.1 Å². The van der Waals surface area contributed by atoms with E-state index in [0.717, 1.165) is 75.3 Å². The number of benzene rings is 3. The number of carbonyl (C=O) groups excluding carboxylic acids is 8. The molecule has 2 saturated carbocycles. The summed E-state index contributed by atoms with van der Waals surface area (Å²) >= 11 is 0. The van der Waals surface area contributed by atoms with Crippen LogP contribution < -0.4 is 42.5 Å². The lowest BCUT2D eigenvalue weighted by atomic mass is 9.83. The van der Waals surface area contributed by atoms with Crippen LogP contribution in [0.4, 0.5) is 0 Å². The van der Waals surface area contributed by atoms with Gasteiger partial charge in [0.2, 0.25) is 35.4 Å². The summed E-state index contributed by atoms with van der Waals surface area (Å²) in [6.45, 7) is 7.21. The van der Waals surface area contributed by atoms with Gasteiger partial charge in [0, 0.05) is 36.3 Å². The van der Waals surface area contributed by atoms with Crippen LogP contribution in [0.15, 0.2) is 84.9 Å². The molecule has 10 atom stereocenters. The number of halogens is 2. The number of nitrogens with zero attached hydrogens (tertiary/aromatic N) is 2. The number of hydrogen-bond acceptors (Lipinski definition) is 10. The highest BCUT2D eigenvalue weighted by Crippen LogP contribution is 2.32. The first-order valence-corrected chi connectivity index (χ1v) is 27.5. The Kier molecular flexibility index (Phi) is 24.0. The molecule has 426 valence electrons. The smallest absolute Gasteiger partial charge is 0.251 e. The molecule has 3 aromatic rings. The number of likely N-dealkylation sites (tertiary alicyclic amines) is 2. The zero-order valence-electron chi connectivity index (χ0n) is 45.9. The van der Waals surface area contributed by atoms with E-state index in [0.29, 0.717) is 0 Å². The molecule has 0 radical (unpaired) electrons. The second-order valence-electron chi connectivity index (χ2n) is 21.5. The standard InChI is InChI=1S/C58H80N10O8.2ClH/c1-35(39-20-11-7-12-21-39)61-55(73)47-31-45(33-67(47)57(75)49(41-24-15-9-16-25-41)65-51(69)37(3)59-5)63-53(71)43-28-19-29-44(30-43)54(72)64-46-32-48(56(74)62-36(2)40-22-13-8-14-23-40)68(34-46)58(76)50(42-26-17-10-18-27-42)66-52(70)38(4)60-6;;/h7-8,11-14,19-23,28-30,35-38,41-42,45-50,59-60H,9-10,15-18,24-27,31-34H2,1-6H3,(H,61,73)(H,62,74)(H,63,71)(H,64,72)(H,65,69)(H,66,70);2*1H/t35-,36-,37+,38+,45+,46+,47+,48+,49+,50+;;/m1../s1. The minimum atomic E-state index is -0.956. The van der Waals surface area contributed by atoms with Crippen LogP contribution in [0.2, 0.25) is 0 Å². The van der Waals surface area contributed by atoms with Crippen molar-refractivity contribution in [2.45, 2.75) is 165 Å². The third kappa shape index (κ3) is 16.0. The summed E-state index contributed by atoms with van der Waals surface area (Å²) < 4.78 is 0. The van der Waals surface area contributed by atoms with Crippen LogP contribution in [0, 0.1) is 11.8 Å². The predicted molar refractivity (Wildman–Crippen MR) is 304 cm³/mol. The molecule has 2 heterocycles. The van der Waals surface area contributed by atoms with Crippen molar-refractivity contribution in [2.75, 3.05) is 27.2 Å². The number of rotatable bonds is 20. The van der Waals surface area contributed by atoms with Crippen molar-refractivity contribution in [3.8, 4) is 0 Å². The SMILES string of the molecule is CN[C@@H](C)C(=O)N[C@H](C(=O)N1C[C@@H](NC(=O)c2cccc(C(=O)N[C@H]3C[C@@H](C(=O)N[C@H](C)c4ccccc4)N(C(=O)[C@@H](NC(=O)[C@H](C)NC)C4CCCCC4)C3)c2)C[C@H]1C(=O)N[C@H](C)c1ccccc1)C1CCCCC1.Cl.Cl. The summed E-state index contributed by atoms with van der Waals surface area (Å²) in [6, 6.07) is 18.3. The third-order valence-electron chi connectivity index (χ3n) is 16.2. The Hall–Kier alpha value is -6.08. The molecule has 3 aromatic carbocycles. The van der Waals surface area contributed by atoms with Crippen molar-refractivity contribution in [2.24, 2.45) is 11.8 Å². The molecule has 0 unspecified atom stereocenters. The van der Waals surface area contributed by atoms with Crippen LogP contribution in [0.1, 0.15) is 149 Å². The summed E-state index contributed by atoms with van der Waals surface area (Å²) in [5.74, 6) is -3.43. The summed E-state index contributed by atoms with van der Waals surface area (Å²) in [5.41, 5.74) is 2.11. The van der Waals surface area contributed by atoms with Gasteiger partial charge in [0.15, 0.2) is 0 Å². The van der Waals surface area contributed by atoms with E-state index in [2.05, 4.69) is 42.5 Å². The topological polar surface area (TPSA) is 239 Å². The maximum atomic E-state index is 14.8. The van der Waals surface area contributed by atoms with Crippen LogP contribution in [0.25, 0.3) is 0 Å². The summed E-state index contributed by atoms with van der Waals surface area (Å²) in [4.78, 5) is 116. The Labute approximate surface area is 472 Å². The normalized spacial score (nSPS) is 21.9. The van der Waals surface area contributed by atoms with Gasteiger partial charge < -0.3 is 52.3 Å². The molecule has 0 spiro atoms. The number of hydrogen-bond donors (Lipinski definition) is 8. The number of nitrogens with one attached hydrogen (secondary N) is 8. The van der Waals surface area contributed by atoms with Crippen LogP contribution in [0.5, 0.6) is 0 Å². The zero-order chi connectivity index (χ0) is 54.5. The van der Waals surface area contributed by atoms with Gasteiger partial charge in [0.1, 0.15) is 24.2 Å². The van der Waals surface area contributed by atoms with Crippen molar-refractivity contribution in [3.63, 3.8) is 0 Å². The summed E-state index contributed by atoms with van der Waals surface area (Å²) in [5, 5.41) is 24.2. The lowest BCUT2D eigenvalue weighted by Gasteiger charge is -2.35. The predicted octanol–water partition coefficient (Wildman–Crippen LogP) is 5.03. The van der Waals surface area contributed by atoms with E-state index in [4.69, 9.17) is 0 Å². The monoisotopic (exact) mass is 1120 g/mol. The molecule has 7 rings (SSSR count). The maximum absolute atomic E-state index is 14.8. The van der Waals surface area contributed by atoms with E-state index in [-0.39, 0.29) is 121 Å². The van der Waals surface area contributed by atoms with Gasteiger partial charge in [0.05, 0.1) is 24.2 Å². The fraction of sp³-hybridized carbons (Fsp3) is 0.552. The molecule has 2 saturated heterocycles. The van der Waals surface area contributed by atoms with Crippen molar-refractivity contribution < 1.29 is 38.4 Å². The number of amides is 8. The van der Waals surface area contributed by atoms with Crippen LogP contribution >= 0.6 is 24.8 Å². The van der Waals surface area contributed by atoms with E-state index in [9.17, 15) is 38.4 Å². The maximum Gasteiger partial charge on any atom is 0.251 e. The molecule has 18 nitrogen and oxygen atoms in total. The van der Waals surface area contributed by atoms with Crippen molar-refractivity contribution in [3.05, 3.63) is 107 Å². The Balaban J connectivity index is 0.00000560. The first-order valence-electron chi connectivity index (χ1n) is 27.5. The fourth-order valence-corrected chi connectivity index (χ4v) is 11.3. The molecule has 8 N–H and O–H groups in total. The highest BCUT2D eigenvalue weighted by Gasteiger charge is 2.47. The van der Waals surface area contributed by atoms with Gasteiger partial charge in [-0.25, -0.2) is 0 Å². The molecule has 8 amide bonds.